The van der Waals surface area contributed by atoms with E-state index >= 15 is 0 Å². The van der Waals surface area contributed by atoms with Gasteiger partial charge in [-0.1, -0.05) is 0 Å². The van der Waals surface area contributed by atoms with Gasteiger partial charge in [0.05, 0.1) is 12.8 Å². The number of methoxy groups -OCH3 is 1. The molecule has 7 nitrogen and oxygen atoms in total. The second kappa shape index (κ2) is 8.14. The van der Waals surface area contributed by atoms with E-state index in [2.05, 4.69) is 20.2 Å². The van der Waals surface area contributed by atoms with Crippen molar-refractivity contribution in [1.29, 1.82) is 0 Å². The van der Waals surface area contributed by atoms with Gasteiger partial charge in [-0.25, -0.2) is 13.8 Å². The quantitative estimate of drug-likeness (QED) is 0.433. The monoisotopic (exact) mass is 437 g/mol. The molecule has 0 aliphatic heterocycles. The van der Waals surface area contributed by atoms with Crippen molar-refractivity contribution in [3.63, 3.8) is 0 Å². The lowest BCUT2D eigenvalue weighted by atomic mass is 10.0. The minimum atomic E-state index is -0.667. The molecule has 0 amide bonds. The number of hydrogen-bond acceptors (Lipinski definition) is 6. The number of hydrogen-bond donors (Lipinski definition) is 0. The third kappa shape index (κ3) is 3.86. The van der Waals surface area contributed by atoms with Crippen LogP contribution in [0.3, 0.4) is 0 Å². The van der Waals surface area contributed by atoms with Gasteiger partial charge in [-0.3, -0.25) is 4.40 Å². The molecule has 5 rings (SSSR count). The molecule has 32 heavy (non-hydrogen) atoms. The predicted octanol–water partition coefficient (Wildman–Crippen LogP) is 4.11. The van der Waals surface area contributed by atoms with Crippen LogP contribution in [0.2, 0.25) is 0 Å². The highest BCUT2D eigenvalue weighted by Crippen LogP contribution is 2.30. The number of fused-ring (bicyclic) bond motifs is 1. The SMILES string of the molecule is COc1cc(F)cc(F)c1CCc1ccc(-c2cnc(OC3CC3)nc2C)c2nncn12. The Morgan fingerprint density at radius 2 is 1.97 bits per heavy atom. The maximum Gasteiger partial charge on any atom is 0.316 e. The maximum absolute atomic E-state index is 14.3. The number of nitrogens with zero attached hydrogens (tertiary/aromatic N) is 5. The van der Waals surface area contributed by atoms with E-state index in [1.807, 2.05) is 23.5 Å². The zero-order chi connectivity index (χ0) is 22.2. The van der Waals surface area contributed by atoms with Crippen molar-refractivity contribution in [1.82, 2.24) is 24.6 Å². The second-order valence-corrected chi connectivity index (χ2v) is 7.80. The summed E-state index contributed by atoms with van der Waals surface area (Å²) < 4.78 is 40.5. The average molecular weight is 437 g/mol. The van der Waals surface area contributed by atoms with E-state index in [0.717, 1.165) is 41.4 Å². The average Bonchev–Trinajstić information content (AvgIpc) is 3.44. The summed E-state index contributed by atoms with van der Waals surface area (Å²) in [6.45, 7) is 1.90. The molecule has 0 atom stereocenters. The van der Waals surface area contributed by atoms with Crippen LogP contribution >= 0.6 is 0 Å². The molecule has 1 aliphatic carbocycles. The molecule has 0 bridgehead atoms. The molecule has 9 heteroatoms. The smallest absolute Gasteiger partial charge is 0.316 e. The number of halogens is 2. The lowest BCUT2D eigenvalue weighted by Crippen LogP contribution is -2.05. The molecule has 1 aliphatic rings. The fourth-order valence-electron chi connectivity index (χ4n) is 3.74. The van der Waals surface area contributed by atoms with Gasteiger partial charge < -0.3 is 9.47 Å². The van der Waals surface area contributed by atoms with Gasteiger partial charge >= 0.3 is 6.01 Å². The molecule has 164 valence electrons. The van der Waals surface area contributed by atoms with E-state index in [4.69, 9.17) is 9.47 Å². The van der Waals surface area contributed by atoms with Crippen LogP contribution < -0.4 is 9.47 Å². The van der Waals surface area contributed by atoms with Gasteiger partial charge in [-0.05, 0) is 44.7 Å². The standard InChI is InChI=1S/C23H21F2N5O2/c1-13-19(11-26-23(28-13)32-16-5-6-16)17-7-3-15(30-12-27-29-22(17)30)4-8-18-20(25)9-14(24)10-21(18)31-2/h3,7,9-12,16H,4-6,8H2,1-2H3. The first-order chi connectivity index (χ1) is 15.5. The van der Waals surface area contributed by atoms with Gasteiger partial charge in [0.15, 0.2) is 5.65 Å². The molecule has 1 fully saturated rings. The van der Waals surface area contributed by atoms with E-state index in [9.17, 15) is 8.78 Å². The molecule has 0 unspecified atom stereocenters. The van der Waals surface area contributed by atoms with E-state index in [1.54, 1.807) is 12.5 Å². The van der Waals surface area contributed by atoms with Gasteiger partial charge in [0, 0.05) is 40.7 Å². The molecule has 4 aromatic rings. The fourth-order valence-corrected chi connectivity index (χ4v) is 3.74. The molecule has 0 spiro atoms. The van der Waals surface area contributed by atoms with E-state index in [1.165, 1.54) is 13.2 Å². The molecular formula is C23H21F2N5O2. The van der Waals surface area contributed by atoms with Crippen LogP contribution in [0.25, 0.3) is 16.8 Å². The van der Waals surface area contributed by atoms with Gasteiger partial charge in [0.25, 0.3) is 0 Å². The topological polar surface area (TPSA) is 74.4 Å². The highest BCUT2D eigenvalue weighted by atomic mass is 19.1. The molecule has 0 radical (unpaired) electrons. The Bertz CT molecular complexity index is 1300. The van der Waals surface area contributed by atoms with Crippen molar-refractivity contribution < 1.29 is 18.3 Å². The van der Waals surface area contributed by atoms with Crippen molar-refractivity contribution in [2.45, 2.75) is 38.7 Å². The molecule has 3 aromatic heterocycles. The van der Waals surface area contributed by atoms with Crippen LogP contribution in [-0.2, 0) is 12.8 Å². The highest BCUT2D eigenvalue weighted by molar-refractivity contribution is 5.78. The number of ether oxygens (including phenoxy) is 2. The van der Waals surface area contributed by atoms with E-state index in [-0.39, 0.29) is 11.9 Å². The van der Waals surface area contributed by atoms with Crippen LogP contribution in [-0.4, -0.2) is 37.8 Å². The van der Waals surface area contributed by atoms with E-state index in [0.29, 0.717) is 30.1 Å². The van der Waals surface area contributed by atoms with Crippen molar-refractivity contribution in [3.05, 3.63) is 65.4 Å². The van der Waals surface area contributed by atoms with Crippen molar-refractivity contribution in [2.24, 2.45) is 0 Å². The Labute approximate surface area is 183 Å². The van der Waals surface area contributed by atoms with Crippen LogP contribution in [0.4, 0.5) is 8.78 Å². The molecule has 1 saturated carbocycles. The Balaban J connectivity index is 1.44. The molecule has 0 N–H and O–H groups in total. The Morgan fingerprint density at radius 1 is 1.12 bits per heavy atom. The Kier molecular flexibility index (Phi) is 5.16. The first-order valence-electron chi connectivity index (χ1n) is 10.4. The normalized spacial score (nSPS) is 13.5. The zero-order valence-electron chi connectivity index (χ0n) is 17.7. The summed E-state index contributed by atoms with van der Waals surface area (Å²) in [6.07, 6.45) is 6.48. The minimum Gasteiger partial charge on any atom is -0.496 e. The lowest BCUT2D eigenvalue weighted by Gasteiger charge is -2.13. The van der Waals surface area contributed by atoms with Gasteiger partial charge in [-0.15, -0.1) is 10.2 Å². The number of pyridine rings is 1. The highest BCUT2D eigenvalue weighted by Gasteiger charge is 2.25. The summed E-state index contributed by atoms with van der Waals surface area (Å²) >= 11 is 0. The molecule has 1 aromatic carbocycles. The fraction of sp³-hybridized carbons (Fsp3) is 0.304. The van der Waals surface area contributed by atoms with Gasteiger partial charge in [0.1, 0.15) is 29.8 Å². The van der Waals surface area contributed by atoms with E-state index < -0.39 is 11.6 Å². The Hall–Kier alpha value is -3.62. The molecule has 0 saturated heterocycles. The zero-order valence-corrected chi connectivity index (χ0v) is 17.7. The Morgan fingerprint density at radius 3 is 2.72 bits per heavy atom. The summed E-state index contributed by atoms with van der Waals surface area (Å²) in [6, 6.07) is 6.32. The predicted molar refractivity (Wildman–Crippen MR) is 113 cm³/mol. The van der Waals surface area contributed by atoms with Gasteiger partial charge in [-0.2, -0.15) is 4.98 Å². The van der Waals surface area contributed by atoms with Crippen molar-refractivity contribution in [3.8, 4) is 22.9 Å². The van der Waals surface area contributed by atoms with Crippen molar-refractivity contribution >= 4 is 5.65 Å². The van der Waals surface area contributed by atoms with Crippen LogP contribution in [0, 0.1) is 18.6 Å². The lowest BCUT2D eigenvalue weighted by molar-refractivity contribution is 0.277. The first kappa shape index (κ1) is 20.3. The first-order valence-corrected chi connectivity index (χ1v) is 10.4. The van der Waals surface area contributed by atoms with Gasteiger partial charge in [0.2, 0.25) is 0 Å². The number of rotatable bonds is 7. The van der Waals surface area contributed by atoms with Crippen LogP contribution in [0.1, 0.15) is 29.8 Å². The van der Waals surface area contributed by atoms with Crippen LogP contribution in [0.5, 0.6) is 11.8 Å². The summed E-state index contributed by atoms with van der Waals surface area (Å²) in [7, 11) is 1.40. The summed E-state index contributed by atoms with van der Waals surface area (Å²) in [5.41, 5.74) is 4.32. The maximum atomic E-state index is 14.3. The third-order valence-electron chi connectivity index (χ3n) is 5.55. The number of aryl methyl sites for hydroxylation is 2. The van der Waals surface area contributed by atoms with Crippen molar-refractivity contribution in [2.75, 3.05) is 7.11 Å². The number of aromatic nitrogens is 5. The summed E-state index contributed by atoms with van der Waals surface area (Å²) in [4.78, 5) is 8.82. The largest absolute Gasteiger partial charge is 0.496 e. The summed E-state index contributed by atoms with van der Waals surface area (Å²) in [5, 5.41) is 8.33. The number of benzene rings is 1. The molecule has 3 heterocycles. The minimum absolute atomic E-state index is 0.195. The summed E-state index contributed by atoms with van der Waals surface area (Å²) in [5.74, 6) is -1.10. The molecular weight excluding hydrogens is 416 g/mol. The second-order valence-electron chi connectivity index (χ2n) is 7.80. The third-order valence-corrected chi connectivity index (χ3v) is 5.55. The van der Waals surface area contributed by atoms with Crippen LogP contribution in [0.15, 0.2) is 36.8 Å².